The molecule has 0 unspecified atom stereocenters. The van der Waals surface area contributed by atoms with Crippen molar-refractivity contribution in [3.05, 3.63) is 126 Å². The number of hydrogen-bond acceptors (Lipinski definition) is 3. The Morgan fingerprint density at radius 3 is 2.38 bits per heavy atom. The average Bonchev–Trinajstić information content (AvgIpc) is 3.39. The Hall–Kier alpha value is -3.54. The molecule has 7 aromatic rings. The minimum Gasteiger partial charge on any atom is -0.305 e. The molecule has 0 atom stereocenters. The van der Waals surface area contributed by atoms with Crippen LogP contribution in [0.25, 0.3) is 53.5 Å². The number of rotatable bonds is 4. The van der Waals surface area contributed by atoms with Crippen molar-refractivity contribution < 1.29 is 25.9 Å². The Bertz CT molecular complexity index is 2170. The summed E-state index contributed by atoms with van der Waals surface area (Å²) in [4.78, 5) is 9.17. The fourth-order valence-electron chi connectivity index (χ4n) is 5.62. The molecule has 0 saturated heterocycles. The van der Waals surface area contributed by atoms with E-state index in [1.807, 2.05) is 68.4 Å². The van der Waals surface area contributed by atoms with Gasteiger partial charge in [-0.1, -0.05) is 91.8 Å². The van der Waals surface area contributed by atoms with Crippen molar-refractivity contribution in [2.75, 3.05) is 0 Å². The van der Waals surface area contributed by atoms with Gasteiger partial charge in [0.15, 0.2) is 0 Å². The first-order chi connectivity index (χ1) is 21.4. The predicted molar refractivity (Wildman–Crippen MR) is 189 cm³/mol. The van der Waals surface area contributed by atoms with Crippen LogP contribution in [-0.4, -0.2) is 18.0 Å². The Kier molecular flexibility index (Phi) is 9.39. The molecule has 0 saturated carbocycles. The van der Waals surface area contributed by atoms with Gasteiger partial charge in [0.05, 0.1) is 8.07 Å². The summed E-state index contributed by atoms with van der Waals surface area (Å²) in [5.41, 5.74) is 6.04. The van der Waals surface area contributed by atoms with E-state index in [0.29, 0.717) is 0 Å². The molecule has 0 fully saturated rings. The Morgan fingerprint density at radius 2 is 1.67 bits per heavy atom. The van der Waals surface area contributed by atoms with E-state index in [4.69, 9.17) is 1.37 Å². The van der Waals surface area contributed by atoms with E-state index < -0.39 is 14.0 Å². The van der Waals surface area contributed by atoms with Gasteiger partial charge < -0.3 is 4.98 Å². The van der Waals surface area contributed by atoms with E-state index in [0.717, 1.165) is 59.0 Å². The number of pyridine rings is 2. The van der Waals surface area contributed by atoms with Crippen LogP contribution < -0.4 is 5.19 Å². The molecule has 0 aliphatic heterocycles. The second-order valence-corrected chi connectivity index (χ2v) is 18.4. The summed E-state index contributed by atoms with van der Waals surface area (Å²) >= 11 is 1.57. The fourth-order valence-corrected chi connectivity index (χ4v) is 8.57. The normalized spacial score (nSPS) is 12.0. The van der Waals surface area contributed by atoms with E-state index in [2.05, 4.69) is 73.1 Å². The first-order valence-corrected chi connectivity index (χ1v) is 19.1. The molecule has 0 aliphatic rings. The summed E-state index contributed by atoms with van der Waals surface area (Å²) in [5, 5.41) is 5.71. The van der Waals surface area contributed by atoms with Gasteiger partial charge in [0.1, 0.15) is 5.82 Å². The van der Waals surface area contributed by atoms with Gasteiger partial charge in [-0.05, 0) is 57.5 Å². The Balaban J connectivity index is 0.000000200. The first kappa shape index (κ1) is 31.4. The van der Waals surface area contributed by atoms with Crippen molar-refractivity contribution in [1.82, 2.24) is 9.97 Å². The number of benzene rings is 4. The number of aromatic nitrogens is 2. The standard InChI is InChI=1S/C24H17FNS.C15H18NSi.Ir/c1-14(2)15-9-10-26-21(12-15)20-11-16-5-3-4-6-18(16)23-19-8-7-17(25)13-22(19)27-24(20)23;1-12-10-14(13-8-6-5-7-9-13)16-11-15(12)17(2,3)4;/h3-10,12-14H,1-2H3;5-8,10-11H,1-4H3;/q2*-1;/i14D;;. The number of aryl methyl sites for hydroxylation is 1. The number of thiophene rings is 1. The zero-order valence-corrected chi connectivity index (χ0v) is 30.5. The minimum atomic E-state index is -1.27. The molecule has 0 bridgehead atoms. The largest absolute Gasteiger partial charge is 0.305 e. The van der Waals surface area contributed by atoms with E-state index in [1.165, 1.54) is 16.8 Å². The van der Waals surface area contributed by atoms with Crippen LogP contribution in [0.4, 0.5) is 4.39 Å². The molecule has 1 radical (unpaired) electrons. The molecule has 0 aliphatic carbocycles. The van der Waals surface area contributed by atoms with Gasteiger partial charge in [0.2, 0.25) is 0 Å². The van der Waals surface area contributed by atoms with Crippen LogP contribution in [0, 0.1) is 24.9 Å². The number of halogens is 1. The number of fused-ring (bicyclic) bond motifs is 5. The van der Waals surface area contributed by atoms with Gasteiger partial charge in [-0.2, -0.15) is 11.3 Å². The summed E-state index contributed by atoms with van der Waals surface area (Å²) in [6.45, 7) is 13.0. The van der Waals surface area contributed by atoms with Crippen molar-refractivity contribution in [3.8, 4) is 22.5 Å². The van der Waals surface area contributed by atoms with Crippen LogP contribution in [0.2, 0.25) is 19.6 Å². The van der Waals surface area contributed by atoms with Crippen LogP contribution in [0.1, 0.15) is 32.2 Å². The second-order valence-electron chi connectivity index (χ2n) is 12.3. The molecule has 7 rings (SSSR count). The van der Waals surface area contributed by atoms with Gasteiger partial charge in [-0.3, -0.25) is 4.98 Å². The molecular formula is C39H35FIrN2SSi-2. The number of nitrogens with zero attached hydrogens (tertiary/aromatic N) is 2. The molecule has 2 nitrogen and oxygen atoms in total. The summed E-state index contributed by atoms with van der Waals surface area (Å²) in [6.07, 6.45) is 3.81. The van der Waals surface area contributed by atoms with E-state index in [1.54, 1.807) is 23.6 Å². The zero-order valence-electron chi connectivity index (χ0n) is 27.3. The average molecular weight is 804 g/mol. The van der Waals surface area contributed by atoms with Crippen molar-refractivity contribution in [1.29, 1.82) is 0 Å². The summed E-state index contributed by atoms with van der Waals surface area (Å²) in [5.74, 6) is -0.943. The van der Waals surface area contributed by atoms with Crippen molar-refractivity contribution >= 4 is 55.5 Å². The molecule has 229 valence electrons. The maximum Gasteiger partial charge on any atom is 0.124 e. The molecule has 4 aromatic carbocycles. The summed E-state index contributed by atoms with van der Waals surface area (Å²) in [7, 11) is -1.27. The molecule has 0 amide bonds. The van der Waals surface area contributed by atoms with E-state index in [-0.39, 0.29) is 25.9 Å². The van der Waals surface area contributed by atoms with Gasteiger partial charge in [0, 0.05) is 44.3 Å². The van der Waals surface area contributed by atoms with Gasteiger partial charge in [-0.25, -0.2) is 4.39 Å². The smallest absolute Gasteiger partial charge is 0.124 e. The SMILES string of the molecule is Cc1cc(-c2[c-]cccc2)ncc1[Si](C)(C)C.[2H]C(C)(C)c1ccnc(-c2[c-]c3ccccc3c3c2sc2cc(F)ccc23)c1.[Ir]. The maximum atomic E-state index is 13.9. The molecule has 45 heavy (non-hydrogen) atoms. The molecule has 6 heteroatoms. The minimum absolute atomic E-state index is 0. The zero-order chi connectivity index (χ0) is 31.9. The first-order valence-electron chi connectivity index (χ1n) is 15.3. The summed E-state index contributed by atoms with van der Waals surface area (Å²) in [6, 6.07) is 33.9. The van der Waals surface area contributed by atoms with Gasteiger partial charge >= 0.3 is 0 Å². The molecule has 3 aromatic heterocycles. The van der Waals surface area contributed by atoms with Crippen molar-refractivity contribution in [2.45, 2.75) is 46.3 Å². The van der Waals surface area contributed by atoms with Crippen LogP contribution in [-0.2, 0) is 20.1 Å². The maximum absolute atomic E-state index is 13.9. The van der Waals surface area contributed by atoms with Crippen LogP contribution in [0.3, 0.4) is 0 Å². The van der Waals surface area contributed by atoms with Crippen LogP contribution >= 0.6 is 11.3 Å². The van der Waals surface area contributed by atoms with E-state index >= 15 is 0 Å². The monoisotopic (exact) mass is 804 g/mol. The quantitative estimate of drug-likeness (QED) is 0.131. The molecule has 0 spiro atoms. The third-order valence-corrected chi connectivity index (χ3v) is 11.1. The predicted octanol–water partition coefficient (Wildman–Crippen LogP) is 10.7. The fraction of sp³-hybridized carbons (Fsp3) is 0.179. The van der Waals surface area contributed by atoms with Crippen molar-refractivity contribution in [2.24, 2.45) is 0 Å². The third-order valence-electron chi connectivity index (χ3n) is 7.83. The number of hydrogen-bond donors (Lipinski definition) is 0. The van der Waals surface area contributed by atoms with E-state index in [9.17, 15) is 4.39 Å². The molecular weight excluding hydrogens is 768 g/mol. The molecule has 3 heterocycles. The third kappa shape index (κ3) is 6.85. The van der Waals surface area contributed by atoms with Crippen LogP contribution in [0.5, 0.6) is 0 Å². The van der Waals surface area contributed by atoms with Crippen molar-refractivity contribution in [3.63, 3.8) is 0 Å². The Labute approximate surface area is 285 Å². The van der Waals surface area contributed by atoms with Crippen LogP contribution in [0.15, 0.2) is 97.3 Å². The van der Waals surface area contributed by atoms with Gasteiger partial charge in [-0.15, -0.1) is 53.4 Å². The Morgan fingerprint density at radius 1 is 0.889 bits per heavy atom. The summed E-state index contributed by atoms with van der Waals surface area (Å²) < 4.78 is 24.2. The molecule has 0 N–H and O–H groups in total. The van der Waals surface area contributed by atoms with Gasteiger partial charge in [0.25, 0.3) is 0 Å². The second kappa shape index (κ2) is 13.4. The topological polar surface area (TPSA) is 25.8 Å².